The molecule has 1 aliphatic heterocycles. The van der Waals surface area contributed by atoms with Crippen molar-refractivity contribution in [2.24, 2.45) is 0 Å². The van der Waals surface area contributed by atoms with Crippen LogP contribution in [0, 0.1) is 13.8 Å². The number of phenols is 1. The van der Waals surface area contributed by atoms with Gasteiger partial charge in [-0.1, -0.05) is 12.1 Å². The summed E-state index contributed by atoms with van der Waals surface area (Å²) >= 11 is 0. The number of fused-ring (bicyclic) bond motifs is 1. The van der Waals surface area contributed by atoms with Gasteiger partial charge in [0.05, 0.1) is 7.11 Å². The van der Waals surface area contributed by atoms with Crippen LogP contribution in [0.25, 0.3) is 11.6 Å². The van der Waals surface area contributed by atoms with E-state index in [2.05, 4.69) is 12.1 Å². The van der Waals surface area contributed by atoms with E-state index < -0.39 is 0 Å². The van der Waals surface area contributed by atoms with Crippen molar-refractivity contribution in [1.82, 2.24) is 0 Å². The standard InChI is InChI=1S/C18H18O3/c1-11-4-5-13(8-17(11)20-3)14-7-16-12(2)6-15(19)9-18(16)21-10-14/h4-9,19H,10H2,1-3H3. The normalized spacial score (nSPS) is 13.2. The molecular weight excluding hydrogens is 264 g/mol. The minimum absolute atomic E-state index is 0.236. The van der Waals surface area contributed by atoms with E-state index in [0.29, 0.717) is 6.61 Å². The first-order valence-electron chi connectivity index (χ1n) is 6.90. The fourth-order valence-corrected chi connectivity index (χ4v) is 2.61. The van der Waals surface area contributed by atoms with Gasteiger partial charge in [0.1, 0.15) is 23.9 Å². The Hall–Kier alpha value is -2.42. The van der Waals surface area contributed by atoms with Gasteiger partial charge in [-0.3, -0.25) is 0 Å². The second kappa shape index (κ2) is 5.17. The van der Waals surface area contributed by atoms with Crippen LogP contribution in [-0.2, 0) is 0 Å². The maximum Gasteiger partial charge on any atom is 0.130 e. The predicted molar refractivity (Wildman–Crippen MR) is 83.9 cm³/mol. The van der Waals surface area contributed by atoms with Gasteiger partial charge >= 0.3 is 0 Å². The van der Waals surface area contributed by atoms with Crippen LogP contribution in [-0.4, -0.2) is 18.8 Å². The molecule has 1 heterocycles. The molecule has 0 aromatic heterocycles. The maximum absolute atomic E-state index is 9.63. The van der Waals surface area contributed by atoms with Gasteiger partial charge in [0.2, 0.25) is 0 Å². The lowest BCUT2D eigenvalue weighted by Gasteiger charge is -2.20. The molecule has 0 saturated heterocycles. The summed E-state index contributed by atoms with van der Waals surface area (Å²) in [6.45, 7) is 4.48. The Morgan fingerprint density at radius 1 is 1.10 bits per heavy atom. The number of methoxy groups -OCH3 is 1. The molecule has 0 bridgehead atoms. The first-order valence-corrected chi connectivity index (χ1v) is 6.90. The van der Waals surface area contributed by atoms with E-state index in [9.17, 15) is 5.11 Å². The van der Waals surface area contributed by atoms with E-state index in [1.54, 1.807) is 19.2 Å². The Labute approximate surface area is 124 Å². The van der Waals surface area contributed by atoms with Crippen molar-refractivity contribution in [2.45, 2.75) is 13.8 Å². The van der Waals surface area contributed by atoms with Crippen LogP contribution in [0.4, 0.5) is 0 Å². The average Bonchev–Trinajstić information content (AvgIpc) is 2.47. The highest BCUT2D eigenvalue weighted by molar-refractivity contribution is 5.87. The number of ether oxygens (including phenoxy) is 2. The Balaban J connectivity index is 2.06. The molecule has 0 spiro atoms. The van der Waals surface area contributed by atoms with Crippen molar-refractivity contribution in [3.8, 4) is 17.2 Å². The second-order valence-corrected chi connectivity index (χ2v) is 5.32. The molecule has 21 heavy (non-hydrogen) atoms. The molecule has 0 aliphatic carbocycles. The van der Waals surface area contributed by atoms with Crippen molar-refractivity contribution in [2.75, 3.05) is 13.7 Å². The number of rotatable bonds is 2. The van der Waals surface area contributed by atoms with E-state index in [4.69, 9.17) is 9.47 Å². The van der Waals surface area contributed by atoms with Crippen LogP contribution in [0.5, 0.6) is 17.2 Å². The molecule has 0 atom stereocenters. The van der Waals surface area contributed by atoms with Crippen LogP contribution in [0.1, 0.15) is 22.3 Å². The lowest BCUT2D eigenvalue weighted by molar-refractivity contribution is 0.361. The molecule has 0 fully saturated rings. The molecular formula is C18H18O3. The number of hydrogen-bond acceptors (Lipinski definition) is 3. The van der Waals surface area contributed by atoms with Crippen LogP contribution in [0.3, 0.4) is 0 Å². The van der Waals surface area contributed by atoms with Crippen LogP contribution >= 0.6 is 0 Å². The molecule has 1 aliphatic rings. The zero-order valence-electron chi connectivity index (χ0n) is 12.4. The Kier molecular flexibility index (Phi) is 3.34. The van der Waals surface area contributed by atoms with Crippen molar-refractivity contribution < 1.29 is 14.6 Å². The fraction of sp³-hybridized carbons (Fsp3) is 0.222. The van der Waals surface area contributed by atoms with Crippen molar-refractivity contribution in [3.63, 3.8) is 0 Å². The number of aromatic hydroxyl groups is 1. The molecule has 2 aromatic carbocycles. The Bertz CT molecular complexity index is 729. The van der Waals surface area contributed by atoms with Gasteiger partial charge in [-0.25, -0.2) is 0 Å². The van der Waals surface area contributed by atoms with Gasteiger partial charge in [0, 0.05) is 11.6 Å². The summed E-state index contributed by atoms with van der Waals surface area (Å²) in [6.07, 6.45) is 2.12. The predicted octanol–water partition coefficient (Wildman–Crippen LogP) is 3.95. The van der Waals surface area contributed by atoms with Crippen LogP contribution < -0.4 is 9.47 Å². The number of aryl methyl sites for hydroxylation is 2. The summed E-state index contributed by atoms with van der Waals surface area (Å²) in [4.78, 5) is 0. The van der Waals surface area contributed by atoms with Crippen LogP contribution in [0.2, 0.25) is 0 Å². The highest BCUT2D eigenvalue weighted by Gasteiger charge is 2.16. The van der Waals surface area contributed by atoms with E-state index in [-0.39, 0.29) is 5.75 Å². The quantitative estimate of drug-likeness (QED) is 0.906. The third kappa shape index (κ3) is 2.47. The summed E-state index contributed by atoms with van der Waals surface area (Å²) < 4.78 is 11.2. The summed E-state index contributed by atoms with van der Waals surface area (Å²) in [7, 11) is 1.68. The largest absolute Gasteiger partial charge is 0.508 e. The molecule has 0 radical (unpaired) electrons. The molecule has 3 heteroatoms. The third-order valence-electron chi connectivity index (χ3n) is 3.81. The molecule has 0 saturated carbocycles. The molecule has 0 amide bonds. The molecule has 3 rings (SSSR count). The Morgan fingerprint density at radius 3 is 2.67 bits per heavy atom. The van der Waals surface area contributed by atoms with Gasteiger partial charge < -0.3 is 14.6 Å². The fourth-order valence-electron chi connectivity index (χ4n) is 2.61. The summed E-state index contributed by atoms with van der Waals surface area (Å²) in [5.74, 6) is 1.84. The minimum Gasteiger partial charge on any atom is -0.508 e. The molecule has 0 unspecified atom stereocenters. The number of hydrogen-bond donors (Lipinski definition) is 1. The summed E-state index contributed by atoms with van der Waals surface area (Å²) in [5.41, 5.74) is 5.33. The van der Waals surface area contributed by atoms with Gasteiger partial charge in [-0.2, -0.15) is 0 Å². The molecule has 2 aromatic rings. The highest BCUT2D eigenvalue weighted by atomic mass is 16.5. The second-order valence-electron chi connectivity index (χ2n) is 5.32. The minimum atomic E-state index is 0.236. The topological polar surface area (TPSA) is 38.7 Å². The summed E-state index contributed by atoms with van der Waals surface area (Å²) in [5, 5.41) is 9.63. The van der Waals surface area contributed by atoms with Gasteiger partial charge in [0.25, 0.3) is 0 Å². The van der Waals surface area contributed by atoms with Crippen LogP contribution in [0.15, 0.2) is 30.3 Å². The van der Waals surface area contributed by atoms with E-state index in [0.717, 1.165) is 39.3 Å². The first kappa shape index (κ1) is 13.6. The highest BCUT2D eigenvalue weighted by Crippen LogP contribution is 2.36. The molecule has 108 valence electrons. The third-order valence-corrected chi connectivity index (χ3v) is 3.81. The van der Waals surface area contributed by atoms with Gasteiger partial charge in [-0.05, 0) is 54.3 Å². The first-order chi connectivity index (χ1) is 10.1. The Morgan fingerprint density at radius 2 is 1.90 bits per heavy atom. The smallest absolute Gasteiger partial charge is 0.130 e. The SMILES string of the molecule is COc1cc(C2=Cc3c(C)cc(O)cc3OC2)ccc1C. The number of phenolic OH excluding ortho intramolecular Hbond substituents is 1. The zero-order chi connectivity index (χ0) is 15.0. The van der Waals surface area contributed by atoms with Crippen molar-refractivity contribution in [1.29, 1.82) is 0 Å². The summed E-state index contributed by atoms with van der Waals surface area (Å²) in [6, 6.07) is 9.57. The lowest BCUT2D eigenvalue weighted by atomic mass is 9.97. The monoisotopic (exact) mass is 282 g/mol. The van der Waals surface area contributed by atoms with Crippen molar-refractivity contribution >= 4 is 11.6 Å². The zero-order valence-corrected chi connectivity index (χ0v) is 12.4. The molecule has 1 N–H and O–H groups in total. The van der Waals surface area contributed by atoms with Crippen molar-refractivity contribution in [3.05, 3.63) is 52.6 Å². The van der Waals surface area contributed by atoms with E-state index >= 15 is 0 Å². The van der Waals surface area contributed by atoms with Gasteiger partial charge in [-0.15, -0.1) is 0 Å². The lowest BCUT2D eigenvalue weighted by Crippen LogP contribution is -2.07. The molecule has 3 nitrogen and oxygen atoms in total. The van der Waals surface area contributed by atoms with E-state index in [1.807, 2.05) is 26.0 Å². The average molecular weight is 282 g/mol. The van der Waals surface area contributed by atoms with E-state index in [1.165, 1.54) is 0 Å². The van der Waals surface area contributed by atoms with Gasteiger partial charge in [0.15, 0.2) is 0 Å². The number of benzene rings is 2. The maximum atomic E-state index is 9.63.